The summed E-state index contributed by atoms with van der Waals surface area (Å²) in [6.07, 6.45) is 1.05. The van der Waals surface area contributed by atoms with E-state index in [0.717, 1.165) is 11.8 Å². The lowest BCUT2D eigenvalue weighted by Crippen LogP contribution is -2.12. The lowest BCUT2D eigenvalue weighted by molar-refractivity contribution is 0.259. The largest absolute Gasteiger partial charge is 0.493 e. The summed E-state index contributed by atoms with van der Waals surface area (Å²) in [4.78, 5) is 0. The molecule has 0 aliphatic heterocycles. The molecule has 84 valence electrons. The van der Waals surface area contributed by atoms with Crippen LogP contribution in [-0.2, 0) is 0 Å². The van der Waals surface area contributed by atoms with E-state index in [-0.39, 0.29) is 5.82 Å². The second kappa shape index (κ2) is 6.48. The van der Waals surface area contributed by atoms with Gasteiger partial charge in [0.2, 0.25) is 0 Å². The van der Waals surface area contributed by atoms with E-state index in [4.69, 9.17) is 4.74 Å². The van der Waals surface area contributed by atoms with Gasteiger partial charge in [0.1, 0.15) is 11.6 Å². The number of hydrogen-bond acceptors (Lipinski definition) is 1. The number of benzene rings is 1. The van der Waals surface area contributed by atoms with Crippen LogP contribution in [0.2, 0.25) is 0 Å². The van der Waals surface area contributed by atoms with Gasteiger partial charge in [0.05, 0.1) is 11.1 Å². The minimum absolute atomic E-state index is 0.292. The minimum Gasteiger partial charge on any atom is -0.493 e. The molecule has 0 aliphatic carbocycles. The van der Waals surface area contributed by atoms with Gasteiger partial charge in [-0.15, -0.1) is 0 Å². The van der Waals surface area contributed by atoms with Crippen molar-refractivity contribution >= 4 is 31.9 Å². The zero-order valence-electron chi connectivity index (χ0n) is 8.47. The maximum atomic E-state index is 13.1. The van der Waals surface area contributed by atoms with Gasteiger partial charge in [-0.25, -0.2) is 4.39 Å². The van der Waals surface area contributed by atoms with Crippen LogP contribution in [0.5, 0.6) is 5.75 Å². The van der Waals surface area contributed by atoms with Crippen molar-refractivity contribution < 1.29 is 9.13 Å². The van der Waals surface area contributed by atoms with E-state index < -0.39 is 0 Å². The highest BCUT2D eigenvalue weighted by atomic mass is 79.9. The average Bonchev–Trinajstić information content (AvgIpc) is 2.24. The van der Waals surface area contributed by atoms with E-state index in [0.29, 0.717) is 22.7 Å². The van der Waals surface area contributed by atoms with Crippen molar-refractivity contribution in [1.29, 1.82) is 0 Å². The molecule has 0 bridgehead atoms. The van der Waals surface area contributed by atoms with Gasteiger partial charge < -0.3 is 4.74 Å². The van der Waals surface area contributed by atoms with E-state index >= 15 is 0 Å². The first-order valence-corrected chi connectivity index (χ1v) is 6.72. The number of alkyl halides is 1. The molecule has 1 nitrogen and oxygen atoms in total. The van der Waals surface area contributed by atoms with Crippen LogP contribution in [-0.4, -0.2) is 11.9 Å². The Labute approximate surface area is 106 Å². The summed E-state index contributed by atoms with van der Waals surface area (Å²) >= 11 is 6.51. The average molecular weight is 340 g/mol. The molecule has 1 aromatic carbocycles. The maximum absolute atomic E-state index is 13.1. The molecule has 0 saturated heterocycles. The van der Waals surface area contributed by atoms with Gasteiger partial charge in [-0.1, -0.05) is 22.9 Å². The van der Waals surface area contributed by atoms with Crippen LogP contribution in [0.25, 0.3) is 0 Å². The molecule has 15 heavy (non-hydrogen) atoms. The lowest BCUT2D eigenvalue weighted by Gasteiger charge is -2.13. The molecule has 1 unspecified atom stereocenters. The molecule has 0 amide bonds. The van der Waals surface area contributed by atoms with E-state index in [9.17, 15) is 4.39 Å². The summed E-state index contributed by atoms with van der Waals surface area (Å²) in [5.41, 5.74) is 0. The van der Waals surface area contributed by atoms with Gasteiger partial charge in [0.25, 0.3) is 0 Å². The van der Waals surface area contributed by atoms with Gasteiger partial charge in [-0.2, -0.15) is 0 Å². The topological polar surface area (TPSA) is 9.23 Å². The molecular weight excluding hydrogens is 327 g/mol. The quantitative estimate of drug-likeness (QED) is 0.723. The van der Waals surface area contributed by atoms with E-state index in [1.807, 2.05) is 0 Å². The summed E-state index contributed by atoms with van der Waals surface area (Å²) in [5.74, 6) is 0.756. The van der Waals surface area contributed by atoms with Gasteiger partial charge in [-0.05, 0) is 34.5 Å². The first-order chi connectivity index (χ1) is 7.17. The summed E-state index contributed by atoms with van der Waals surface area (Å²) in [5, 5.41) is 0.905. The Morgan fingerprint density at radius 1 is 1.47 bits per heavy atom. The first kappa shape index (κ1) is 13.0. The number of halogens is 3. The van der Waals surface area contributed by atoms with Crippen LogP contribution < -0.4 is 4.74 Å². The molecule has 0 heterocycles. The number of hydrogen-bond donors (Lipinski definition) is 0. The summed E-state index contributed by atoms with van der Waals surface area (Å²) < 4.78 is 19.1. The van der Waals surface area contributed by atoms with Crippen LogP contribution >= 0.6 is 31.9 Å². The highest BCUT2D eigenvalue weighted by Crippen LogP contribution is 2.21. The van der Waals surface area contributed by atoms with Crippen molar-refractivity contribution in [3.63, 3.8) is 0 Å². The Kier molecular flexibility index (Phi) is 5.61. The molecule has 0 spiro atoms. The summed E-state index contributed by atoms with van der Waals surface area (Å²) in [7, 11) is 0. The minimum atomic E-state index is -0.292. The number of rotatable bonds is 5. The number of ether oxygens (including phenoxy) is 1. The molecule has 0 radical (unpaired) electrons. The van der Waals surface area contributed by atoms with Crippen molar-refractivity contribution in [1.82, 2.24) is 0 Å². The molecule has 0 saturated carbocycles. The molecule has 1 aromatic rings. The highest BCUT2D eigenvalue weighted by molar-refractivity contribution is 9.10. The van der Waals surface area contributed by atoms with E-state index in [2.05, 4.69) is 38.8 Å². The Morgan fingerprint density at radius 3 is 2.73 bits per heavy atom. The van der Waals surface area contributed by atoms with Crippen molar-refractivity contribution in [3.05, 3.63) is 28.5 Å². The smallest absolute Gasteiger partial charge is 0.141 e. The maximum Gasteiger partial charge on any atom is 0.141 e. The summed E-state index contributed by atoms with van der Waals surface area (Å²) in [6, 6.07) is 4.80. The van der Waals surface area contributed by atoms with Crippen LogP contribution in [0.4, 0.5) is 4.39 Å². The van der Waals surface area contributed by atoms with E-state index in [1.165, 1.54) is 6.07 Å². The van der Waals surface area contributed by atoms with Crippen LogP contribution in [0, 0.1) is 11.7 Å². The normalized spacial score (nSPS) is 12.5. The van der Waals surface area contributed by atoms with Crippen molar-refractivity contribution in [3.8, 4) is 5.75 Å². The fourth-order valence-electron chi connectivity index (χ4n) is 1.05. The van der Waals surface area contributed by atoms with Crippen molar-refractivity contribution in [2.45, 2.75) is 13.3 Å². The van der Waals surface area contributed by atoms with Crippen molar-refractivity contribution in [2.75, 3.05) is 11.9 Å². The molecule has 4 heteroatoms. The Bertz CT molecular complexity index is 313. The molecule has 1 atom stereocenters. The third-order valence-corrected chi connectivity index (χ3v) is 3.73. The van der Waals surface area contributed by atoms with Crippen molar-refractivity contribution in [2.24, 2.45) is 5.92 Å². The first-order valence-electron chi connectivity index (χ1n) is 4.81. The van der Waals surface area contributed by atoms with Gasteiger partial charge >= 0.3 is 0 Å². The Balaban J connectivity index is 2.54. The third-order valence-electron chi connectivity index (χ3n) is 2.17. The van der Waals surface area contributed by atoms with Crippen LogP contribution in [0.1, 0.15) is 13.3 Å². The predicted molar refractivity (Wildman–Crippen MR) is 67.2 cm³/mol. The predicted octanol–water partition coefficient (Wildman–Crippen LogP) is 4.39. The third kappa shape index (κ3) is 4.11. The fourth-order valence-corrected chi connectivity index (χ4v) is 1.94. The highest BCUT2D eigenvalue weighted by Gasteiger charge is 2.06. The van der Waals surface area contributed by atoms with Crippen LogP contribution in [0.3, 0.4) is 0 Å². The molecule has 0 fully saturated rings. The SMILES string of the molecule is CCC(CBr)COc1ccc(Br)c(F)c1. The fraction of sp³-hybridized carbons (Fsp3) is 0.455. The molecule has 0 N–H and O–H groups in total. The zero-order valence-corrected chi connectivity index (χ0v) is 11.6. The van der Waals surface area contributed by atoms with Crippen LogP contribution in [0.15, 0.2) is 22.7 Å². The Morgan fingerprint density at radius 2 is 2.20 bits per heavy atom. The molecule has 1 rings (SSSR count). The van der Waals surface area contributed by atoms with Gasteiger partial charge in [-0.3, -0.25) is 0 Å². The van der Waals surface area contributed by atoms with E-state index in [1.54, 1.807) is 12.1 Å². The Hall–Kier alpha value is -0.0900. The molecule has 0 aliphatic rings. The summed E-state index contributed by atoms with van der Waals surface area (Å²) in [6.45, 7) is 2.72. The molecule has 0 aromatic heterocycles. The molecular formula is C11H13Br2FO. The monoisotopic (exact) mass is 338 g/mol. The lowest BCUT2D eigenvalue weighted by atomic mass is 10.1. The zero-order chi connectivity index (χ0) is 11.3. The second-order valence-electron chi connectivity index (χ2n) is 3.32. The van der Waals surface area contributed by atoms with Gasteiger partial charge in [0, 0.05) is 17.3 Å². The standard InChI is InChI=1S/C11H13Br2FO/c1-2-8(6-12)7-15-9-3-4-10(13)11(14)5-9/h3-5,8H,2,6-7H2,1H3. The van der Waals surface area contributed by atoms with Gasteiger partial charge in [0.15, 0.2) is 0 Å². The second-order valence-corrected chi connectivity index (χ2v) is 4.82.